The van der Waals surface area contributed by atoms with Crippen LogP contribution >= 0.6 is 0 Å². The molecule has 0 aromatic carbocycles. The minimum atomic E-state index is 1.23. The van der Waals surface area contributed by atoms with Crippen LogP contribution in [0, 0.1) is 0 Å². The minimum Gasteiger partial charge on any atom is -0.100 e. The standard InChI is InChI=1S/C20H40/c1-4-5-6-7-8-9-10-11-12-13-14-15-16-17-18-19-20(2)3/h2,4-19H2,1,3H3. The van der Waals surface area contributed by atoms with E-state index in [4.69, 9.17) is 0 Å². The Balaban J connectivity index is 2.94. The fourth-order valence-corrected chi connectivity index (χ4v) is 2.80. The lowest BCUT2D eigenvalue weighted by Gasteiger charge is -2.03. The molecule has 0 saturated carbocycles. The van der Waals surface area contributed by atoms with Gasteiger partial charge in [-0.1, -0.05) is 102 Å². The average Bonchev–Trinajstić information content (AvgIpc) is 2.43. The largest absolute Gasteiger partial charge is 0.100 e. The third kappa shape index (κ3) is 17.7. The number of allylic oxidation sites excluding steroid dienone is 1. The van der Waals surface area contributed by atoms with Crippen LogP contribution in [0.3, 0.4) is 0 Å². The molecule has 0 nitrogen and oxygen atoms in total. The molecule has 0 aliphatic rings. The molecule has 0 heteroatoms. The van der Waals surface area contributed by atoms with Gasteiger partial charge < -0.3 is 0 Å². The van der Waals surface area contributed by atoms with E-state index in [1.165, 1.54) is 108 Å². The van der Waals surface area contributed by atoms with Crippen molar-refractivity contribution in [1.82, 2.24) is 0 Å². The van der Waals surface area contributed by atoms with Crippen molar-refractivity contribution >= 4 is 0 Å². The van der Waals surface area contributed by atoms with Crippen molar-refractivity contribution in [2.24, 2.45) is 0 Å². The molecule has 0 heterocycles. The first kappa shape index (κ1) is 19.7. The maximum Gasteiger partial charge on any atom is -0.0326 e. The van der Waals surface area contributed by atoms with Crippen LogP contribution in [0.4, 0.5) is 0 Å². The maximum atomic E-state index is 3.96. The quantitative estimate of drug-likeness (QED) is 0.200. The number of unbranched alkanes of at least 4 members (excludes halogenated alkanes) is 14. The van der Waals surface area contributed by atoms with E-state index in [9.17, 15) is 0 Å². The molecule has 0 aliphatic carbocycles. The monoisotopic (exact) mass is 280 g/mol. The van der Waals surface area contributed by atoms with Gasteiger partial charge in [-0.3, -0.25) is 0 Å². The van der Waals surface area contributed by atoms with Crippen molar-refractivity contribution in [1.29, 1.82) is 0 Å². The normalized spacial score (nSPS) is 10.9. The van der Waals surface area contributed by atoms with Crippen LogP contribution < -0.4 is 0 Å². The van der Waals surface area contributed by atoms with E-state index in [2.05, 4.69) is 20.4 Å². The number of rotatable bonds is 16. The Morgan fingerprint density at radius 3 is 1.15 bits per heavy atom. The molecule has 0 N–H and O–H groups in total. The van der Waals surface area contributed by atoms with Crippen LogP contribution in [0.5, 0.6) is 0 Å². The van der Waals surface area contributed by atoms with Gasteiger partial charge in [-0.15, -0.1) is 6.58 Å². The van der Waals surface area contributed by atoms with Gasteiger partial charge in [0.1, 0.15) is 0 Å². The Labute approximate surface area is 129 Å². The van der Waals surface area contributed by atoms with E-state index >= 15 is 0 Å². The smallest absolute Gasteiger partial charge is 0.0326 e. The summed E-state index contributed by atoms with van der Waals surface area (Å²) in [5, 5.41) is 0. The van der Waals surface area contributed by atoms with Gasteiger partial charge in [0.2, 0.25) is 0 Å². The summed E-state index contributed by atoms with van der Waals surface area (Å²) in [7, 11) is 0. The highest BCUT2D eigenvalue weighted by Crippen LogP contribution is 2.14. The number of hydrogen-bond donors (Lipinski definition) is 0. The summed E-state index contributed by atoms with van der Waals surface area (Å²) in [6.07, 6.45) is 22.9. The molecule has 0 radical (unpaired) electrons. The van der Waals surface area contributed by atoms with Gasteiger partial charge in [-0.2, -0.15) is 0 Å². The van der Waals surface area contributed by atoms with Crippen molar-refractivity contribution in [2.75, 3.05) is 0 Å². The van der Waals surface area contributed by atoms with E-state index in [1.807, 2.05) is 0 Å². The third-order valence-corrected chi connectivity index (χ3v) is 4.21. The molecule has 120 valence electrons. The van der Waals surface area contributed by atoms with Crippen molar-refractivity contribution in [3.63, 3.8) is 0 Å². The number of hydrogen-bond acceptors (Lipinski definition) is 0. The van der Waals surface area contributed by atoms with E-state index in [0.717, 1.165) is 0 Å². The van der Waals surface area contributed by atoms with Crippen LogP contribution in [-0.4, -0.2) is 0 Å². The van der Waals surface area contributed by atoms with Crippen LogP contribution in [0.2, 0.25) is 0 Å². The Kier molecular flexibility index (Phi) is 16.6. The van der Waals surface area contributed by atoms with Crippen molar-refractivity contribution in [3.8, 4) is 0 Å². The fraction of sp³-hybridized carbons (Fsp3) is 0.900. The molecule has 0 rings (SSSR count). The van der Waals surface area contributed by atoms with Crippen LogP contribution in [0.15, 0.2) is 12.2 Å². The second-order valence-electron chi connectivity index (χ2n) is 6.66. The van der Waals surface area contributed by atoms with E-state index in [-0.39, 0.29) is 0 Å². The zero-order chi connectivity index (χ0) is 14.9. The van der Waals surface area contributed by atoms with Crippen molar-refractivity contribution < 1.29 is 0 Å². The maximum absolute atomic E-state index is 3.96. The highest BCUT2D eigenvalue weighted by Gasteiger charge is 1.94. The first-order chi connectivity index (χ1) is 9.77. The zero-order valence-electron chi connectivity index (χ0n) is 14.5. The summed E-state index contributed by atoms with van der Waals surface area (Å²) in [6, 6.07) is 0. The molecule has 20 heavy (non-hydrogen) atoms. The second-order valence-corrected chi connectivity index (χ2v) is 6.66. The summed E-state index contributed by atoms with van der Waals surface area (Å²) in [5.74, 6) is 0. The van der Waals surface area contributed by atoms with Crippen LogP contribution in [-0.2, 0) is 0 Å². The highest BCUT2D eigenvalue weighted by atomic mass is 14.0. The zero-order valence-corrected chi connectivity index (χ0v) is 14.5. The van der Waals surface area contributed by atoms with Crippen molar-refractivity contribution in [2.45, 2.75) is 117 Å². The Bertz CT molecular complexity index is 192. The lowest BCUT2D eigenvalue weighted by molar-refractivity contribution is 0.532. The molecule has 0 amide bonds. The topological polar surface area (TPSA) is 0 Å². The summed E-state index contributed by atoms with van der Waals surface area (Å²) < 4.78 is 0. The molecular formula is C20H40. The summed E-state index contributed by atoms with van der Waals surface area (Å²) in [5.41, 5.74) is 1.35. The second kappa shape index (κ2) is 16.8. The van der Waals surface area contributed by atoms with E-state index in [1.54, 1.807) is 0 Å². The minimum absolute atomic E-state index is 1.23. The Morgan fingerprint density at radius 1 is 0.550 bits per heavy atom. The molecule has 0 aromatic rings. The molecule has 0 aliphatic heterocycles. The molecule has 0 unspecified atom stereocenters. The summed E-state index contributed by atoms with van der Waals surface area (Å²) in [6.45, 7) is 8.39. The lowest BCUT2D eigenvalue weighted by atomic mass is 10.0. The summed E-state index contributed by atoms with van der Waals surface area (Å²) >= 11 is 0. The van der Waals surface area contributed by atoms with Gasteiger partial charge in [0.15, 0.2) is 0 Å². The van der Waals surface area contributed by atoms with Crippen LogP contribution in [0.1, 0.15) is 117 Å². The van der Waals surface area contributed by atoms with Gasteiger partial charge in [-0.25, -0.2) is 0 Å². The molecule has 0 spiro atoms. The SMILES string of the molecule is C=C(C)CCCCCCCCCCCCCCCCC. The Hall–Kier alpha value is -0.260. The first-order valence-corrected chi connectivity index (χ1v) is 9.41. The highest BCUT2D eigenvalue weighted by molar-refractivity contribution is 4.86. The van der Waals surface area contributed by atoms with Crippen molar-refractivity contribution in [3.05, 3.63) is 12.2 Å². The molecule has 0 atom stereocenters. The Morgan fingerprint density at radius 2 is 0.850 bits per heavy atom. The fourth-order valence-electron chi connectivity index (χ4n) is 2.80. The van der Waals surface area contributed by atoms with Gasteiger partial charge in [0.05, 0.1) is 0 Å². The molecule has 0 aromatic heterocycles. The summed E-state index contributed by atoms with van der Waals surface area (Å²) in [4.78, 5) is 0. The lowest BCUT2D eigenvalue weighted by Crippen LogP contribution is -1.83. The first-order valence-electron chi connectivity index (χ1n) is 9.41. The van der Waals surface area contributed by atoms with E-state index < -0.39 is 0 Å². The average molecular weight is 281 g/mol. The van der Waals surface area contributed by atoms with E-state index in [0.29, 0.717) is 0 Å². The van der Waals surface area contributed by atoms with Gasteiger partial charge in [0.25, 0.3) is 0 Å². The van der Waals surface area contributed by atoms with Crippen LogP contribution in [0.25, 0.3) is 0 Å². The van der Waals surface area contributed by atoms with Gasteiger partial charge in [0, 0.05) is 0 Å². The molecule has 0 bridgehead atoms. The predicted octanol–water partition coefficient (Wildman–Crippen LogP) is 7.82. The molecular weight excluding hydrogens is 240 g/mol. The third-order valence-electron chi connectivity index (χ3n) is 4.21. The van der Waals surface area contributed by atoms with Gasteiger partial charge in [-0.05, 0) is 19.8 Å². The predicted molar refractivity (Wildman–Crippen MR) is 94.4 cm³/mol. The molecule has 0 fully saturated rings. The van der Waals surface area contributed by atoms with Gasteiger partial charge >= 0.3 is 0 Å². The molecule has 0 saturated heterocycles.